The molecule has 0 saturated carbocycles. The summed E-state index contributed by atoms with van der Waals surface area (Å²) in [5, 5.41) is 2.08. The highest BCUT2D eigenvalue weighted by Crippen LogP contribution is 2.30. The van der Waals surface area contributed by atoms with Crippen LogP contribution >= 0.6 is 11.3 Å². The van der Waals surface area contributed by atoms with E-state index < -0.39 is 0 Å². The number of nitrogens with zero attached hydrogens (tertiary/aromatic N) is 2. The maximum absolute atomic E-state index is 11.6. The molecule has 0 bridgehead atoms. The minimum absolute atomic E-state index is 0.0207. The maximum Gasteiger partial charge on any atom is 0.251 e. The van der Waals surface area contributed by atoms with E-state index in [2.05, 4.69) is 21.4 Å². The maximum atomic E-state index is 11.6. The lowest BCUT2D eigenvalue weighted by atomic mass is 10.1. The first-order valence-corrected chi connectivity index (χ1v) is 6.81. The molecular formula is C14H13N3OS. The second-order valence-electron chi connectivity index (χ2n) is 4.46. The number of aromatic amines is 1. The first kappa shape index (κ1) is 11.9. The van der Waals surface area contributed by atoms with Crippen molar-refractivity contribution >= 4 is 11.3 Å². The molecule has 0 unspecified atom stereocenters. The van der Waals surface area contributed by atoms with E-state index in [1.54, 1.807) is 23.9 Å². The lowest BCUT2D eigenvalue weighted by Gasteiger charge is -2.04. The lowest BCUT2D eigenvalue weighted by molar-refractivity contribution is 1.07. The predicted molar refractivity (Wildman–Crippen MR) is 77.0 cm³/mol. The molecule has 0 spiro atoms. The zero-order valence-electron chi connectivity index (χ0n) is 10.7. The number of imidazole rings is 1. The first-order valence-electron chi connectivity index (χ1n) is 5.93. The van der Waals surface area contributed by atoms with Crippen LogP contribution in [0.5, 0.6) is 0 Å². The molecule has 0 aliphatic rings. The zero-order chi connectivity index (χ0) is 13.4. The molecule has 0 amide bonds. The van der Waals surface area contributed by atoms with Crippen LogP contribution in [0.4, 0.5) is 0 Å². The van der Waals surface area contributed by atoms with Gasteiger partial charge in [0.15, 0.2) is 0 Å². The number of aryl methyl sites for hydroxylation is 2. The lowest BCUT2D eigenvalue weighted by Crippen LogP contribution is -2.10. The molecule has 0 aromatic carbocycles. The summed E-state index contributed by atoms with van der Waals surface area (Å²) in [6, 6.07) is 4.05. The largest absolute Gasteiger partial charge is 0.326 e. The molecule has 0 aliphatic heterocycles. The monoisotopic (exact) mass is 271 g/mol. The molecule has 96 valence electrons. The normalized spacial score (nSPS) is 10.8. The first-order chi connectivity index (χ1) is 9.15. The van der Waals surface area contributed by atoms with Crippen molar-refractivity contribution in [1.29, 1.82) is 0 Å². The number of hydrogen-bond acceptors (Lipinski definition) is 3. The van der Waals surface area contributed by atoms with Crippen LogP contribution in [-0.4, -0.2) is 14.5 Å². The smallest absolute Gasteiger partial charge is 0.251 e. The Morgan fingerprint density at radius 2 is 2.16 bits per heavy atom. The minimum Gasteiger partial charge on any atom is -0.326 e. The Labute approximate surface area is 114 Å². The second-order valence-corrected chi connectivity index (χ2v) is 5.37. The highest BCUT2D eigenvalue weighted by Gasteiger charge is 2.08. The van der Waals surface area contributed by atoms with E-state index in [0.717, 1.165) is 27.4 Å². The van der Waals surface area contributed by atoms with Gasteiger partial charge in [0.25, 0.3) is 5.56 Å². The molecule has 0 aliphatic carbocycles. The van der Waals surface area contributed by atoms with Gasteiger partial charge in [-0.05, 0) is 26.0 Å². The van der Waals surface area contributed by atoms with Gasteiger partial charge in [-0.2, -0.15) is 0 Å². The van der Waals surface area contributed by atoms with Crippen molar-refractivity contribution in [2.24, 2.45) is 0 Å². The molecule has 1 N–H and O–H groups in total. The topological polar surface area (TPSA) is 50.7 Å². The van der Waals surface area contributed by atoms with Gasteiger partial charge in [-0.1, -0.05) is 0 Å². The standard InChI is InChI=1S/C14H13N3OS/c1-9-5-12(10(2)16-14(9)18)13-6-11(7-19-13)17-4-3-15-8-17/h3-8H,1-2H3,(H,16,18). The van der Waals surface area contributed by atoms with E-state index in [1.807, 2.05) is 30.7 Å². The number of aromatic nitrogens is 3. The van der Waals surface area contributed by atoms with Crippen molar-refractivity contribution in [3.8, 4) is 16.1 Å². The average molecular weight is 271 g/mol. The van der Waals surface area contributed by atoms with E-state index in [4.69, 9.17) is 0 Å². The Bertz CT molecular complexity index is 768. The van der Waals surface area contributed by atoms with Gasteiger partial charge in [0, 0.05) is 39.5 Å². The van der Waals surface area contributed by atoms with Crippen molar-refractivity contribution in [1.82, 2.24) is 14.5 Å². The number of nitrogens with one attached hydrogen (secondary N) is 1. The fraction of sp³-hybridized carbons (Fsp3) is 0.143. The summed E-state index contributed by atoms with van der Waals surface area (Å²) < 4.78 is 1.97. The fourth-order valence-electron chi connectivity index (χ4n) is 2.00. The van der Waals surface area contributed by atoms with Crippen molar-refractivity contribution in [3.63, 3.8) is 0 Å². The van der Waals surface area contributed by atoms with Crippen molar-refractivity contribution < 1.29 is 0 Å². The molecule has 3 rings (SSSR count). The van der Waals surface area contributed by atoms with Crippen LogP contribution in [0.25, 0.3) is 16.1 Å². The van der Waals surface area contributed by atoms with Crippen LogP contribution in [0.3, 0.4) is 0 Å². The van der Waals surface area contributed by atoms with E-state index >= 15 is 0 Å². The van der Waals surface area contributed by atoms with Gasteiger partial charge in [0.1, 0.15) is 0 Å². The van der Waals surface area contributed by atoms with Gasteiger partial charge >= 0.3 is 0 Å². The summed E-state index contributed by atoms with van der Waals surface area (Å²) in [6.45, 7) is 3.75. The number of pyridine rings is 1. The van der Waals surface area contributed by atoms with Crippen LogP contribution in [-0.2, 0) is 0 Å². The van der Waals surface area contributed by atoms with Gasteiger partial charge in [-0.25, -0.2) is 4.98 Å². The van der Waals surface area contributed by atoms with E-state index in [9.17, 15) is 4.79 Å². The fourth-order valence-corrected chi connectivity index (χ4v) is 2.96. The highest BCUT2D eigenvalue weighted by molar-refractivity contribution is 7.13. The molecule has 0 fully saturated rings. The molecule has 0 saturated heterocycles. The number of hydrogen-bond donors (Lipinski definition) is 1. The molecule has 4 nitrogen and oxygen atoms in total. The third-order valence-electron chi connectivity index (χ3n) is 3.08. The van der Waals surface area contributed by atoms with E-state index in [1.165, 1.54) is 0 Å². The minimum atomic E-state index is -0.0207. The summed E-state index contributed by atoms with van der Waals surface area (Å²) in [7, 11) is 0. The Morgan fingerprint density at radius 3 is 2.89 bits per heavy atom. The van der Waals surface area contributed by atoms with Crippen LogP contribution in [0.1, 0.15) is 11.3 Å². The van der Waals surface area contributed by atoms with Gasteiger partial charge in [-0.3, -0.25) is 4.79 Å². The van der Waals surface area contributed by atoms with Crippen molar-refractivity contribution in [2.75, 3.05) is 0 Å². The zero-order valence-corrected chi connectivity index (χ0v) is 11.5. The number of H-pyrrole nitrogens is 1. The summed E-state index contributed by atoms with van der Waals surface area (Å²) >= 11 is 1.66. The molecule has 19 heavy (non-hydrogen) atoms. The Kier molecular flexibility index (Phi) is 2.83. The molecule has 3 aromatic rings. The Hall–Kier alpha value is -2.14. The third-order valence-corrected chi connectivity index (χ3v) is 4.03. The van der Waals surface area contributed by atoms with Crippen LogP contribution in [0, 0.1) is 13.8 Å². The Balaban J connectivity index is 2.09. The summed E-state index contributed by atoms with van der Waals surface area (Å²) in [5.41, 5.74) is 3.77. The van der Waals surface area contributed by atoms with Crippen LogP contribution < -0.4 is 5.56 Å². The average Bonchev–Trinajstić information content (AvgIpc) is 3.03. The second kappa shape index (κ2) is 4.51. The molecule has 0 radical (unpaired) electrons. The SMILES string of the molecule is Cc1[nH]c(=O)c(C)cc1-c1cc(-n2ccnc2)cs1. The molecule has 3 aromatic heterocycles. The van der Waals surface area contributed by atoms with Gasteiger partial charge < -0.3 is 9.55 Å². The summed E-state index contributed by atoms with van der Waals surface area (Å²) in [6.07, 6.45) is 5.44. The highest BCUT2D eigenvalue weighted by atomic mass is 32.1. The van der Waals surface area contributed by atoms with Gasteiger partial charge in [0.2, 0.25) is 0 Å². The van der Waals surface area contributed by atoms with Crippen molar-refractivity contribution in [2.45, 2.75) is 13.8 Å². The van der Waals surface area contributed by atoms with Gasteiger partial charge in [-0.15, -0.1) is 11.3 Å². The molecule has 5 heteroatoms. The van der Waals surface area contributed by atoms with E-state index in [-0.39, 0.29) is 5.56 Å². The predicted octanol–water partition coefficient (Wildman–Crippen LogP) is 2.91. The van der Waals surface area contributed by atoms with Crippen LogP contribution in [0.2, 0.25) is 0 Å². The summed E-state index contributed by atoms with van der Waals surface area (Å²) in [5.74, 6) is 0. The molecular weight excluding hydrogens is 258 g/mol. The number of rotatable bonds is 2. The molecule has 0 atom stereocenters. The quantitative estimate of drug-likeness (QED) is 0.779. The van der Waals surface area contributed by atoms with Gasteiger partial charge in [0.05, 0.1) is 12.0 Å². The number of thiophene rings is 1. The van der Waals surface area contributed by atoms with E-state index in [0.29, 0.717) is 0 Å². The Morgan fingerprint density at radius 1 is 1.32 bits per heavy atom. The summed E-state index contributed by atoms with van der Waals surface area (Å²) in [4.78, 5) is 19.6. The third kappa shape index (κ3) is 2.13. The van der Waals surface area contributed by atoms with Crippen molar-refractivity contribution in [3.05, 3.63) is 57.8 Å². The molecule has 3 heterocycles. The van der Waals surface area contributed by atoms with Crippen LogP contribution in [0.15, 0.2) is 41.0 Å².